The molecule has 0 radical (unpaired) electrons. The van der Waals surface area contributed by atoms with Gasteiger partial charge < -0.3 is 4.42 Å². The summed E-state index contributed by atoms with van der Waals surface area (Å²) in [5, 5.41) is 11.7. The van der Waals surface area contributed by atoms with Crippen LogP contribution < -0.4 is 5.43 Å². The van der Waals surface area contributed by atoms with Crippen molar-refractivity contribution in [2.75, 3.05) is 5.43 Å². The van der Waals surface area contributed by atoms with Crippen LogP contribution in [0, 0.1) is 0 Å². The molecule has 0 fully saturated rings. The molecule has 30 heavy (non-hydrogen) atoms. The van der Waals surface area contributed by atoms with Gasteiger partial charge in [-0.25, -0.2) is 10.4 Å². The van der Waals surface area contributed by atoms with Gasteiger partial charge in [0.15, 0.2) is 0 Å². The molecule has 0 aliphatic carbocycles. The lowest BCUT2D eigenvalue weighted by Crippen LogP contribution is -2.04. The quantitative estimate of drug-likeness (QED) is 0.359. The van der Waals surface area contributed by atoms with Gasteiger partial charge in [-0.3, -0.25) is 0 Å². The van der Waals surface area contributed by atoms with Crippen LogP contribution in [0.3, 0.4) is 0 Å². The van der Waals surface area contributed by atoms with E-state index in [0.717, 1.165) is 17.7 Å². The van der Waals surface area contributed by atoms with Crippen molar-refractivity contribution >= 4 is 12.2 Å². The molecule has 150 valence electrons. The smallest absolute Gasteiger partial charge is 0.416 e. The fourth-order valence-electron chi connectivity index (χ4n) is 2.68. The molecule has 0 aliphatic rings. The predicted molar refractivity (Wildman–Crippen MR) is 106 cm³/mol. The molecule has 0 bridgehead atoms. The molecule has 2 aromatic heterocycles. The third kappa shape index (κ3) is 4.52. The van der Waals surface area contributed by atoms with Crippen LogP contribution in [0.2, 0.25) is 0 Å². The van der Waals surface area contributed by atoms with Gasteiger partial charge in [0, 0.05) is 11.1 Å². The molecular weight excluding hydrogens is 395 g/mol. The van der Waals surface area contributed by atoms with Crippen molar-refractivity contribution in [3.05, 3.63) is 84.3 Å². The standard InChI is InChI=1S/C21H14F3N5O/c22-21(23,24)16-8-4-7-15(11-16)19-10-9-17(30-19)12-25-28-20-27-18(13-26-29-20)14-5-2-1-3-6-14/h1-13H,(H,27,28,29)/b25-12-. The number of alkyl halides is 3. The Balaban J connectivity index is 1.46. The summed E-state index contributed by atoms with van der Waals surface area (Å²) in [6.07, 6.45) is -1.51. The van der Waals surface area contributed by atoms with Crippen molar-refractivity contribution < 1.29 is 17.6 Å². The van der Waals surface area contributed by atoms with Crippen molar-refractivity contribution in [2.45, 2.75) is 6.18 Å². The number of furan rings is 1. The van der Waals surface area contributed by atoms with Gasteiger partial charge in [0.25, 0.3) is 5.95 Å². The first-order chi connectivity index (χ1) is 14.5. The molecule has 0 saturated carbocycles. The molecule has 1 N–H and O–H groups in total. The first-order valence-electron chi connectivity index (χ1n) is 8.81. The molecule has 0 aliphatic heterocycles. The SMILES string of the molecule is FC(F)(F)c1cccc(-c2ccc(/C=N\Nc3nncc(-c4ccccc4)n3)o2)c1. The van der Waals surface area contributed by atoms with E-state index in [-0.39, 0.29) is 5.95 Å². The van der Waals surface area contributed by atoms with E-state index in [4.69, 9.17) is 4.42 Å². The van der Waals surface area contributed by atoms with Gasteiger partial charge in [-0.15, -0.1) is 5.10 Å². The van der Waals surface area contributed by atoms with Crippen LogP contribution >= 0.6 is 0 Å². The minimum atomic E-state index is -4.42. The first kappa shape index (κ1) is 19.3. The molecule has 0 amide bonds. The number of anilines is 1. The number of rotatable bonds is 5. The van der Waals surface area contributed by atoms with Crippen LogP contribution in [0.5, 0.6) is 0 Å². The number of hydrogen-bond donors (Lipinski definition) is 1. The Morgan fingerprint density at radius 1 is 0.933 bits per heavy atom. The minimum absolute atomic E-state index is 0.192. The van der Waals surface area contributed by atoms with Crippen LogP contribution in [0.1, 0.15) is 11.3 Å². The highest BCUT2D eigenvalue weighted by Crippen LogP contribution is 2.32. The van der Waals surface area contributed by atoms with E-state index in [1.807, 2.05) is 30.3 Å². The normalized spacial score (nSPS) is 11.7. The third-order valence-electron chi connectivity index (χ3n) is 4.09. The lowest BCUT2D eigenvalue weighted by molar-refractivity contribution is -0.137. The summed E-state index contributed by atoms with van der Waals surface area (Å²) in [6.45, 7) is 0. The topological polar surface area (TPSA) is 76.2 Å². The zero-order valence-corrected chi connectivity index (χ0v) is 15.3. The van der Waals surface area contributed by atoms with Crippen molar-refractivity contribution in [2.24, 2.45) is 5.10 Å². The van der Waals surface area contributed by atoms with Crippen LogP contribution in [0.15, 0.2) is 82.4 Å². The van der Waals surface area contributed by atoms with E-state index >= 15 is 0 Å². The highest BCUT2D eigenvalue weighted by atomic mass is 19.4. The fraction of sp³-hybridized carbons (Fsp3) is 0.0476. The van der Waals surface area contributed by atoms with E-state index in [9.17, 15) is 13.2 Å². The predicted octanol–water partition coefficient (Wildman–Crippen LogP) is 5.26. The minimum Gasteiger partial charge on any atom is -0.455 e. The van der Waals surface area contributed by atoms with E-state index in [2.05, 4.69) is 25.7 Å². The maximum absolute atomic E-state index is 12.9. The molecule has 4 aromatic rings. The van der Waals surface area contributed by atoms with Gasteiger partial charge >= 0.3 is 6.18 Å². The van der Waals surface area contributed by atoms with E-state index < -0.39 is 11.7 Å². The summed E-state index contributed by atoms with van der Waals surface area (Å²) >= 11 is 0. The van der Waals surface area contributed by atoms with Crippen molar-refractivity contribution in [3.63, 3.8) is 0 Å². The Labute approximate surface area is 169 Å². The molecule has 2 heterocycles. The van der Waals surface area contributed by atoms with Gasteiger partial charge in [0.05, 0.1) is 23.7 Å². The summed E-state index contributed by atoms with van der Waals surface area (Å²) in [6, 6.07) is 17.6. The lowest BCUT2D eigenvalue weighted by atomic mass is 10.1. The zero-order valence-electron chi connectivity index (χ0n) is 15.3. The second-order valence-electron chi connectivity index (χ2n) is 6.18. The molecule has 4 rings (SSSR count). The Kier molecular flexibility index (Phi) is 5.25. The summed E-state index contributed by atoms with van der Waals surface area (Å²) < 4.78 is 44.2. The highest BCUT2D eigenvalue weighted by Gasteiger charge is 2.30. The van der Waals surface area contributed by atoms with Crippen LogP contribution in [0.25, 0.3) is 22.6 Å². The summed E-state index contributed by atoms with van der Waals surface area (Å²) in [4.78, 5) is 4.32. The number of nitrogens with one attached hydrogen (secondary N) is 1. The number of hydrogen-bond acceptors (Lipinski definition) is 6. The van der Waals surface area contributed by atoms with E-state index in [1.54, 1.807) is 18.2 Å². The Hall–Kier alpha value is -4.01. The average Bonchev–Trinajstić information content (AvgIpc) is 3.23. The molecule has 0 spiro atoms. The number of benzene rings is 2. The molecule has 2 aromatic carbocycles. The maximum Gasteiger partial charge on any atom is 0.416 e. The Bertz CT molecular complexity index is 1170. The third-order valence-corrected chi connectivity index (χ3v) is 4.09. The van der Waals surface area contributed by atoms with Gasteiger partial charge in [0.2, 0.25) is 0 Å². The second kappa shape index (κ2) is 8.16. The molecule has 9 heteroatoms. The van der Waals surface area contributed by atoms with Gasteiger partial charge in [-0.05, 0) is 24.3 Å². The number of hydrazone groups is 1. The first-order valence-corrected chi connectivity index (χ1v) is 8.81. The highest BCUT2D eigenvalue weighted by molar-refractivity contribution is 5.78. The summed E-state index contributed by atoms with van der Waals surface area (Å²) in [5.74, 6) is 0.839. The molecule has 0 atom stereocenters. The fourth-order valence-corrected chi connectivity index (χ4v) is 2.68. The van der Waals surface area contributed by atoms with Crippen LogP contribution in [-0.2, 0) is 6.18 Å². The van der Waals surface area contributed by atoms with E-state index in [0.29, 0.717) is 22.8 Å². The van der Waals surface area contributed by atoms with E-state index in [1.165, 1.54) is 18.5 Å². The second-order valence-corrected chi connectivity index (χ2v) is 6.18. The summed E-state index contributed by atoms with van der Waals surface area (Å²) in [7, 11) is 0. The summed E-state index contributed by atoms with van der Waals surface area (Å²) in [5.41, 5.74) is 3.76. The van der Waals surface area contributed by atoms with Crippen LogP contribution in [-0.4, -0.2) is 21.4 Å². The lowest BCUT2D eigenvalue weighted by Gasteiger charge is -2.07. The van der Waals surface area contributed by atoms with Gasteiger partial charge in [0.1, 0.15) is 11.5 Å². The van der Waals surface area contributed by atoms with Gasteiger partial charge in [-0.1, -0.05) is 42.5 Å². The number of nitrogens with zero attached hydrogens (tertiary/aromatic N) is 4. The van der Waals surface area contributed by atoms with Crippen molar-refractivity contribution in [3.8, 4) is 22.6 Å². The molecule has 6 nitrogen and oxygen atoms in total. The van der Waals surface area contributed by atoms with Crippen molar-refractivity contribution in [1.82, 2.24) is 15.2 Å². The van der Waals surface area contributed by atoms with Crippen LogP contribution in [0.4, 0.5) is 19.1 Å². The zero-order chi connectivity index (χ0) is 21.0. The Morgan fingerprint density at radius 2 is 1.73 bits per heavy atom. The Morgan fingerprint density at radius 3 is 2.53 bits per heavy atom. The number of aromatic nitrogens is 3. The largest absolute Gasteiger partial charge is 0.455 e. The number of halogens is 3. The van der Waals surface area contributed by atoms with Gasteiger partial charge in [-0.2, -0.15) is 23.4 Å². The molecule has 0 unspecified atom stereocenters. The van der Waals surface area contributed by atoms with Crippen molar-refractivity contribution in [1.29, 1.82) is 0 Å². The molecule has 0 saturated heterocycles. The molecular formula is C21H14F3N5O. The average molecular weight is 409 g/mol. The maximum atomic E-state index is 12.9. The monoisotopic (exact) mass is 409 g/mol.